The summed E-state index contributed by atoms with van der Waals surface area (Å²) in [6.45, 7) is -0.356. The summed E-state index contributed by atoms with van der Waals surface area (Å²) < 4.78 is 43.3. The van der Waals surface area contributed by atoms with Crippen LogP contribution in [0.15, 0.2) is 36.7 Å². The third kappa shape index (κ3) is 2.91. The molecule has 2 aromatic rings. The molecule has 0 saturated carbocycles. The zero-order valence-electron chi connectivity index (χ0n) is 10.6. The van der Waals surface area contributed by atoms with E-state index in [-0.39, 0.29) is 12.2 Å². The highest BCUT2D eigenvalue weighted by molar-refractivity contribution is 5.68. The van der Waals surface area contributed by atoms with Crippen molar-refractivity contribution in [1.82, 2.24) is 4.98 Å². The zero-order chi connectivity index (χ0) is 14.8. The lowest BCUT2D eigenvalue weighted by Crippen LogP contribution is -2.06. The van der Waals surface area contributed by atoms with Gasteiger partial charge in [-0.05, 0) is 29.3 Å². The average Bonchev–Trinajstić information content (AvgIpc) is 2.45. The van der Waals surface area contributed by atoms with Crippen molar-refractivity contribution in [2.24, 2.45) is 0 Å². The van der Waals surface area contributed by atoms with Crippen LogP contribution in [0.5, 0.6) is 5.75 Å². The van der Waals surface area contributed by atoms with Gasteiger partial charge >= 0.3 is 6.18 Å². The molecular formula is C14H12F3NO2. The number of pyridine rings is 1. The van der Waals surface area contributed by atoms with Crippen molar-refractivity contribution in [2.75, 3.05) is 7.11 Å². The van der Waals surface area contributed by atoms with Crippen LogP contribution in [0.4, 0.5) is 13.2 Å². The number of aromatic nitrogens is 1. The fourth-order valence-corrected chi connectivity index (χ4v) is 1.84. The SMILES string of the molecule is COc1cncc(-c2cc(C(F)(F)F)ccc2CO)c1. The van der Waals surface area contributed by atoms with Gasteiger partial charge in [0.25, 0.3) is 0 Å². The average molecular weight is 283 g/mol. The Labute approximate surface area is 113 Å². The minimum atomic E-state index is -4.44. The quantitative estimate of drug-likeness (QED) is 0.940. The summed E-state index contributed by atoms with van der Waals surface area (Å²) in [6.07, 6.45) is -1.55. The van der Waals surface area contributed by atoms with Gasteiger partial charge < -0.3 is 9.84 Å². The van der Waals surface area contributed by atoms with Crippen molar-refractivity contribution in [3.8, 4) is 16.9 Å². The Hall–Kier alpha value is -2.08. The highest BCUT2D eigenvalue weighted by atomic mass is 19.4. The zero-order valence-corrected chi connectivity index (χ0v) is 10.6. The molecule has 0 amide bonds. The molecule has 1 N–H and O–H groups in total. The van der Waals surface area contributed by atoms with E-state index in [1.54, 1.807) is 6.07 Å². The van der Waals surface area contributed by atoms with Crippen molar-refractivity contribution in [3.63, 3.8) is 0 Å². The van der Waals surface area contributed by atoms with Gasteiger partial charge in [0.15, 0.2) is 0 Å². The summed E-state index contributed by atoms with van der Waals surface area (Å²) in [7, 11) is 1.44. The molecule has 106 valence electrons. The molecular weight excluding hydrogens is 271 g/mol. The van der Waals surface area contributed by atoms with E-state index >= 15 is 0 Å². The number of aliphatic hydroxyl groups excluding tert-OH is 1. The molecule has 0 fully saturated rings. The Kier molecular flexibility index (Phi) is 3.94. The van der Waals surface area contributed by atoms with Gasteiger partial charge in [-0.2, -0.15) is 13.2 Å². The molecule has 0 atom stereocenters. The molecule has 0 saturated heterocycles. The lowest BCUT2D eigenvalue weighted by molar-refractivity contribution is -0.137. The minimum absolute atomic E-state index is 0.286. The van der Waals surface area contributed by atoms with Crippen LogP contribution in [-0.2, 0) is 12.8 Å². The van der Waals surface area contributed by atoms with E-state index in [1.165, 1.54) is 25.6 Å². The van der Waals surface area contributed by atoms with Gasteiger partial charge in [0.1, 0.15) is 5.75 Å². The normalized spacial score (nSPS) is 11.4. The van der Waals surface area contributed by atoms with E-state index in [4.69, 9.17) is 4.74 Å². The van der Waals surface area contributed by atoms with Crippen LogP contribution in [0.2, 0.25) is 0 Å². The van der Waals surface area contributed by atoms with Crippen LogP contribution in [0, 0.1) is 0 Å². The number of ether oxygens (including phenoxy) is 1. The van der Waals surface area contributed by atoms with Crippen LogP contribution in [-0.4, -0.2) is 17.2 Å². The molecule has 6 heteroatoms. The van der Waals surface area contributed by atoms with E-state index in [1.807, 2.05) is 0 Å². The second-order valence-electron chi connectivity index (χ2n) is 4.14. The van der Waals surface area contributed by atoms with Gasteiger partial charge in [-0.3, -0.25) is 4.98 Å². The van der Waals surface area contributed by atoms with Crippen LogP contribution >= 0.6 is 0 Å². The van der Waals surface area contributed by atoms with Crippen molar-refractivity contribution < 1.29 is 23.0 Å². The number of halogens is 3. The van der Waals surface area contributed by atoms with Crippen LogP contribution in [0.3, 0.4) is 0 Å². The first-order valence-electron chi connectivity index (χ1n) is 5.76. The Balaban J connectivity index is 2.58. The Morgan fingerprint density at radius 3 is 2.55 bits per heavy atom. The number of rotatable bonds is 3. The van der Waals surface area contributed by atoms with E-state index in [0.717, 1.165) is 12.1 Å². The first-order valence-corrected chi connectivity index (χ1v) is 5.76. The van der Waals surface area contributed by atoms with Crippen molar-refractivity contribution in [1.29, 1.82) is 0 Å². The van der Waals surface area contributed by atoms with Gasteiger partial charge in [-0.1, -0.05) is 6.07 Å². The lowest BCUT2D eigenvalue weighted by Gasteiger charge is -2.13. The van der Waals surface area contributed by atoms with Crippen LogP contribution in [0.25, 0.3) is 11.1 Å². The predicted octanol–water partition coefficient (Wildman–Crippen LogP) is 3.27. The van der Waals surface area contributed by atoms with Crippen molar-refractivity contribution >= 4 is 0 Å². The van der Waals surface area contributed by atoms with Gasteiger partial charge in [0.05, 0.1) is 25.5 Å². The van der Waals surface area contributed by atoms with Crippen molar-refractivity contribution in [3.05, 3.63) is 47.8 Å². The fourth-order valence-electron chi connectivity index (χ4n) is 1.84. The highest BCUT2D eigenvalue weighted by Gasteiger charge is 2.31. The summed E-state index contributed by atoms with van der Waals surface area (Å²) in [6, 6.07) is 4.78. The first kappa shape index (κ1) is 14.3. The Bertz CT molecular complexity index is 612. The van der Waals surface area contributed by atoms with Crippen molar-refractivity contribution in [2.45, 2.75) is 12.8 Å². The fraction of sp³-hybridized carbons (Fsp3) is 0.214. The predicted molar refractivity (Wildman–Crippen MR) is 67.1 cm³/mol. The molecule has 0 aliphatic heterocycles. The maximum absolute atomic E-state index is 12.8. The number of aliphatic hydroxyl groups is 1. The van der Waals surface area contributed by atoms with E-state index in [0.29, 0.717) is 16.9 Å². The molecule has 3 nitrogen and oxygen atoms in total. The minimum Gasteiger partial charge on any atom is -0.495 e. The topological polar surface area (TPSA) is 42.4 Å². The molecule has 0 aliphatic rings. The largest absolute Gasteiger partial charge is 0.495 e. The molecule has 0 aliphatic carbocycles. The standard InChI is InChI=1S/C14H12F3NO2/c1-20-12-4-10(6-18-7-12)13-5-11(14(15,16)17)3-2-9(13)8-19/h2-7,19H,8H2,1H3. The van der Waals surface area contributed by atoms with Gasteiger partial charge in [-0.15, -0.1) is 0 Å². The third-order valence-corrected chi connectivity index (χ3v) is 2.87. The van der Waals surface area contributed by atoms with Crippen LogP contribution < -0.4 is 4.74 Å². The molecule has 2 rings (SSSR count). The summed E-state index contributed by atoms with van der Waals surface area (Å²) in [5, 5.41) is 9.27. The van der Waals surface area contributed by atoms with E-state index in [9.17, 15) is 18.3 Å². The summed E-state index contributed by atoms with van der Waals surface area (Å²) in [5.41, 5.74) is 0.369. The number of methoxy groups -OCH3 is 1. The molecule has 0 radical (unpaired) electrons. The van der Waals surface area contributed by atoms with E-state index < -0.39 is 11.7 Å². The number of hydrogen-bond donors (Lipinski definition) is 1. The summed E-state index contributed by atoms with van der Waals surface area (Å²) in [5.74, 6) is 0.434. The van der Waals surface area contributed by atoms with E-state index in [2.05, 4.69) is 4.98 Å². The van der Waals surface area contributed by atoms with Crippen LogP contribution in [0.1, 0.15) is 11.1 Å². The second kappa shape index (κ2) is 5.50. The molecule has 1 aromatic carbocycles. The Morgan fingerprint density at radius 1 is 1.20 bits per heavy atom. The first-order chi connectivity index (χ1) is 9.45. The maximum Gasteiger partial charge on any atom is 0.416 e. The molecule has 1 aromatic heterocycles. The monoisotopic (exact) mass is 283 g/mol. The molecule has 0 bridgehead atoms. The number of benzene rings is 1. The molecule has 0 unspecified atom stereocenters. The van der Waals surface area contributed by atoms with Gasteiger partial charge in [0, 0.05) is 11.8 Å². The smallest absolute Gasteiger partial charge is 0.416 e. The Morgan fingerprint density at radius 2 is 1.95 bits per heavy atom. The van der Waals surface area contributed by atoms with Gasteiger partial charge in [0.2, 0.25) is 0 Å². The number of alkyl halides is 3. The molecule has 0 spiro atoms. The molecule has 1 heterocycles. The van der Waals surface area contributed by atoms with Gasteiger partial charge in [-0.25, -0.2) is 0 Å². The summed E-state index contributed by atoms with van der Waals surface area (Å²) >= 11 is 0. The molecule has 20 heavy (non-hydrogen) atoms. The second-order valence-corrected chi connectivity index (χ2v) is 4.14. The maximum atomic E-state index is 12.8. The number of nitrogens with zero attached hydrogens (tertiary/aromatic N) is 1. The summed E-state index contributed by atoms with van der Waals surface area (Å²) in [4.78, 5) is 3.91. The lowest BCUT2D eigenvalue weighted by atomic mass is 9.98. The third-order valence-electron chi connectivity index (χ3n) is 2.87. The highest BCUT2D eigenvalue weighted by Crippen LogP contribution is 2.34. The number of hydrogen-bond acceptors (Lipinski definition) is 3.